The monoisotopic (exact) mass is 1130 g/mol. The molecule has 9 heteroatoms. The predicted molar refractivity (Wildman–Crippen MR) is 358 cm³/mol. The van der Waals surface area contributed by atoms with E-state index in [9.17, 15) is 0 Å². The molecule has 84 heavy (non-hydrogen) atoms. The summed E-state index contributed by atoms with van der Waals surface area (Å²) in [6.07, 6.45) is 17.8. The molecule has 7 aromatic carbocycles. The molecule has 0 N–H and O–H groups in total. The van der Waals surface area contributed by atoms with Gasteiger partial charge in [-0.05, 0) is 166 Å². The lowest BCUT2D eigenvalue weighted by Crippen LogP contribution is -2.18. The van der Waals surface area contributed by atoms with E-state index in [1.165, 1.54) is 85.3 Å². The second-order valence-corrected chi connectivity index (χ2v) is 26.5. The summed E-state index contributed by atoms with van der Waals surface area (Å²) in [5.41, 5.74) is 20.1. The van der Waals surface area contributed by atoms with Gasteiger partial charge in [-0.15, -0.1) is 10.2 Å². The molecule has 0 bridgehead atoms. The Morgan fingerprint density at radius 1 is 0.381 bits per heavy atom. The Bertz CT molecular complexity index is 3390. The van der Waals surface area contributed by atoms with Gasteiger partial charge in [0.1, 0.15) is 11.0 Å². The minimum absolute atomic E-state index is 0.0877. The van der Waals surface area contributed by atoms with Gasteiger partial charge < -0.3 is 9.80 Å². The molecular weight excluding hydrogens is 1040 g/mol. The normalized spacial score (nSPS) is 12.4. The number of benzene rings is 7. The zero-order valence-electron chi connectivity index (χ0n) is 52.1. The van der Waals surface area contributed by atoms with Crippen LogP contribution in [0, 0.1) is 0 Å². The smallest absolute Gasteiger partial charge is 0.279 e. The maximum Gasteiger partial charge on any atom is 0.279 e. The molecule has 0 spiro atoms. The van der Waals surface area contributed by atoms with Crippen LogP contribution in [-0.2, 0) is 21.7 Å². The molecule has 3 aromatic heterocycles. The first-order valence-electron chi connectivity index (χ1n) is 31.2. The van der Waals surface area contributed by atoms with Crippen molar-refractivity contribution in [2.45, 2.75) is 182 Å². The fourth-order valence-electron chi connectivity index (χ4n) is 12.3. The molecule has 3 heterocycles. The number of hydrogen-bond donors (Lipinski definition) is 0. The van der Waals surface area contributed by atoms with Crippen LogP contribution in [0.2, 0.25) is 0 Å². The molecule has 0 aliphatic rings. The summed E-state index contributed by atoms with van der Waals surface area (Å²) in [5.74, 6) is 0. The predicted octanol–water partition coefficient (Wildman–Crippen LogP) is 21.8. The molecule has 0 fully saturated rings. The van der Waals surface area contributed by atoms with Crippen molar-refractivity contribution in [3.8, 4) is 27.9 Å². The number of unbranched alkanes of at least 4 members (excludes halogenated alkanes) is 4. The van der Waals surface area contributed by atoms with Gasteiger partial charge in [-0.3, -0.25) is 4.98 Å². The van der Waals surface area contributed by atoms with E-state index in [-0.39, 0.29) is 21.7 Å². The molecule has 0 aliphatic carbocycles. The van der Waals surface area contributed by atoms with E-state index in [1.807, 2.05) is 12.1 Å². The molecule has 10 aromatic rings. The highest BCUT2D eigenvalue weighted by molar-refractivity contribution is 7.00. The quantitative estimate of drug-likeness (QED) is 0.0528. The minimum atomic E-state index is 0.0877. The number of anilines is 6. The minimum Gasteiger partial charge on any atom is -0.311 e. The van der Waals surface area contributed by atoms with Crippen LogP contribution in [0.25, 0.3) is 50.0 Å². The van der Waals surface area contributed by atoms with Crippen LogP contribution >= 0.6 is 11.7 Å². The Hall–Kier alpha value is -7.49. The van der Waals surface area contributed by atoms with Crippen molar-refractivity contribution in [1.29, 1.82) is 0 Å². The zero-order chi connectivity index (χ0) is 59.2. The van der Waals surface area contributed by atoms with Gasteiger partial charge in [-0.2, -0.15) is 13.5 Å². The SMILES string of the molecule is CCCCC(C)(C)c1ccc(N(c2ccc(-c3c4nn(-c5ccncc5)nc4c(-c4ccc(N(c5ccc(C(C)(C)CCCC)cc5)c5ccc(C(C)(C)CCCC)cc5)cc4)c4[n-][s+]nc34)cc2)c2ccc(C(C)(C)CCCC)cc2)cc1. The number of nitrogens with zero attached hydrogens (tertiary/aromatic N) is 8. The van der Waals surface area contributed by atoms with Gasteiger partial charge in [-0.1, -0.05) is 207 Å². The Labute approximate surface area is 505 Å². The fraction of sp³-hybridized carbons (Fsp3) is 0.373. The van der Waals surface area contributed by atoms with Crippen LogP contribution in [-0.4, -0.2) is 24.4 Å². The van der Waals surface area contributed by atoms with Crippen LogP contribution in [0.4, 0.5) is 34.1 Å². The van der Waals surface area contributed by atoms with E-state index >= 15 is 0 Å². The molecule has 0 saturated heterocycles. The van der Waals surface area contributed by atoms with Gasteiger partial charge in [-0.25, -0.2) is 0 Å². The van der Waals surface area contributed by atoms with Crippen LogP contribution in [0.15, 0.2) is 170 Å². The second-order valence-electron chi connectivity index (χ2n) is 26.0. The molecule has 10 rings (SSSR count). The standard InChI is InChI=1S/C75H88N8S/c1-13-17-47-72(5,6)55-25-37-61(38-26-55)81(62-39-27-56(28-40-62)73(7,8)48-18-14-2)59-33-21-53(22-34-59)66-68-69(78-83(77-68)65-45-51-76-52-46-65)67(71-70(66)79-84-80-71)54-23-35-60(36-24-54)82(63-41-29-57(30-42-63)74(9,10)49-19-15-3)64-43-31-58(32-44-64)75(11,12)50-20-16-4/h21-46,51-52H,13-20,47-50H2,1-12H3. The van der Waals surface area contributed by atoms with E-state index in [0.717, 1.165) is 110 Å². The first-order valence-corrected chi connectivity index (χ1v) is 31.9. The van der Waals surface area contributed by atoms with Gasteiger partial charge in [0.25, 0.3) is 11.7 Å². The van der Waals surface area contributed by atoms with Crippen molar-refractivity contribution in [1.82, 2.24) is 28.7 Å². The zero-order valence-corrected chi connectivity index (χ0v) is 53.0. The summed E-state index contributed by atoms with van der Waals surface area (Å²) in [6.45, 7) is 28.1. The highest BCUT2D eigenvalue weighted by atomic mass is 32.1. The summed E-state index contributed by atoms with van der Waals surface area (Å²) in [5, 5.41) is 10.6. The van der Waals surface area contributed by atoms with Crippen LogP contribution in [0.3, 0.4) is 0 Å². The molecule has 434 valence electrons. The highest BCUT2D eigenvalue weighted by Gasteiger charge is 2.28. The summed E-state index contributed by atoms with van der Waals surface area (Å²) in [4.78, 5) is 10.8. The topological polar surface area (TPSA) is 77.1 Å². The van der Waals surface area contributed by atoms with E-state index < -0.39 is 0 Å². The molecule has 0 amide bonds. The lowest BCUT2D eigenvalue weighted by atomic mass is 9.80. The van der Waals surface area contributed by atoms with Gasteiger partial charge >= 0.3 is 0 Å². The number of fused-ring (bicyclic) bond motifs is 2. The molecule has 8 nitrogen and oxygen atoms in total. The first-order chi connectivity index (χ1) is 40.5. The summed E-state index contributed by atoms with van der Waals surface area (Å²) in [6, 6.07) is 58.7. The summed E-state index contributed by atoms with van der Waals surface area (Å²) in [7, 11) is 0. The van der Waals surface area contributed by atoms with Crippen molar-refractivity contribution in [2.75, 3.05) is 9.80 Å². The Morgan fingerprint density at radius 2 is 0.679 bits per heavy atom. The molecule has 0 radical (unpaired) electrons. The summed E-state index contributed by atoms with van der Waals surface area (Å²) >= 11 is 1.23. The number of rotatable bonds is 25. The third-order valence-corrected chi connectivity index (χ3v) is 18.5. The number of pyridine rings is 1. The van der Waals surface area contributed by atoms with Gasteiger partial charge in [0.2, 0.25) is 0 Å². The average molecular weight is 1130 g/mol. The van der Waals surface area contributed by atoms with Crippen molar-refractivity contribution >= 4 is 67.9 Å². The summed E-state index contributed by atoms with van der Waals surface area (Å²) < 4.78 is 10.2. The largest absolute Gasteiger partial charge is 0.311 e. The lowest BCUT2D eigenvalue weighted by Gasteiger charge is -2.30. The maximum atomic E-state index is 5.32. The molecule has 0 aliphatic heterocycles. The van der Waals surface area contributed by atoms with Gasteiger partial charge in [0.15, 0.2) is 0 Å². The lowest BCUT2D eigenvalue weighted by molar-refractivity contribution is 0.458. The number of hydrogen-bond acceptors (Lipinski definition) is 6. The van der Waals surface area contributed by atoms with Crippen LogP contribution < -0.4 is 14.2 Å². The number of aromatic nitrogens is 6. The third kappa shape index (κ3) is 12.6. The maximum absolute atomic E-state index is 5.32. The third-order valence-electron chi connectivity index (χ3n) is 18.0. The molecule has 0 atom stereocenters. The van der Waals surface area contributed by atoms with Crippen molar-refractivity contribution in [2.24, 2.45) is 0 Å². The second kappa shape index (κ2) is 25.4. The highest BCUT2D eigenvalue weighted by Crippen LogP contribution is 2.46. The molecular formula is C75H88N8S. The Balaban J connectivity index is 1.06. The Kier molecular flexibility index (Phi) is 18.0. The van der Waals surface area contributed by atoms with Crippen molar-refractivity contribution in [3.05, 3.63) is 192 Å². The first kappa shape index (κ1) is 59.7. The van der Waals surface area contributed by atoms with E-state index in [4.69, 9.17) is 18.9 Å². The van der Waals surface area contributed by atoms with Crippen LogP contribution in [0.1, 0.15) is 182 Å². The van der Waals surface area contributed by atoms with Crippen molar-refractivity contribution in [3.63, 3.8) is 0 Å². The van der Waals surface area contributed by atoms with Crippen molar-refractivity contribution < 1.29 is 0 Å². The van der Waals surface area contributed by atoms with Gasteiger partial charge in [0, 0.05) is 68.7 Å². The molecule has 0 saturated carbocycles. The van der Waals surface area contributed by atoms with Crippen LogP contribution in [0.5, 0.6) is 0 Å². The average Bonchev–Trinajstić information content (AvgIpc) is 1.85. The Morgan fingerprint density at radius 3 is 1.00 bits per heavy atom. The van der Waals surface area contributed by atoms with Gasteiger partial charge in [0.05, 0.1) is 5.69 Å². The van der Waals surface area contributed by atoms with E-state index in [2.05, 4.69) is 243 Å². The van der Waals surface area contributed by atoms with E-state index in [0.29, 0.717) is 0 Å². The molecule has 0 unspecified atom stereocenters. The fourth-order valence-corrected chi connectivity index (χ4v) is 12.8. The van der Waals surface area contributed by atoms with E-state index in [1.54, 1.807) is 17.2 Å².